The quantitative estimate of drug-likeness (QED) is 0.852. The maximum absolute atomic E-state index is 12.2. The number of carbonyl (C=O) groups is 2. The van der Waals surface area contributed by atoms with Crippen LogP contribution in [0.25, 0.3) is 0 Å². The maximum atomic E-state index is 12.2. The summed E-state index contributed by atoms with van der Waals surface area (Å²) in [6.07, 6.45) is 0. The second kappa shape index (κ2) is 5.97. The van der Waals surface area contributed by atoms with Crippen LogP contribution in [0.3, 0.4) is 0 Å². The summed E-state index contributed by atoms with van der Waals surface area (Å²) in [6, 6.07) is 8.32. The first-order chi connectivity index (χ1) is 8.73. The molecule has 0 aliphatic carbocycles. The molecule has 0 radical (unpaired) electrons. The molecule has 0 unspecified atom stereocenters. The average Bonchev–Trinajstić information content (AvgIpc) is 2.34. The fourth-order valence-electron chi connectivity index (χ4n) is 1.61. The number of rotatable bonds is 5. The van der Waals surface area contributed by atoms with Gasteiger partial charge in [-0.3, -0.25) is 9.59 Å². The number of aliphatic hydroxyl groups is 1. The van der Waals surface area contributed by atoms with Gasteiger partial charge in [-0.15, -0.1) is 0 Å². The minimum Gasteiger partial charge on any atom is -0.381 e. The largest absolute Gasteiger partial charge is 0.381 e. The Morgan fingerprint density at radius 3 is 2.11 bits per heavy atom. The lowest BCUT2D eigenvalue weighted by molar-refractivity contribution is -0.140. The molecule has 1 amide bonds. The Labute approximate surface area is 113 Å². The van der Waals surface area contributed by atoms with Crippen molar-refractivity contribution >= 4 is 11.7 Å². The van der Waals surface area contributed by atoms with E-state index in [-0.39, 0.29) is 11.7 Å². The highest BCUT2D eigenvalue weighted by molar-refractivity contribution is 5.93. The first kappa shape index (κ1) is 15.4. The molecule has 19 heavy (non-hydrogen) atoms. The Morgan fingerprint density at radius 2 is 1.68 bits per heavy atom. The SMILES string of the molecule is CC(C)C(=O)[C@H](NC(=O)C(C)(C)O)c1ccccc1. The molecule has 0 heterocycles. The van der Waals surface area contributed by atoms with Gasteiger partial charge in [0, 0.05) is 5.92 Å². The van der Waals surface area contributed by atoms with E-state index in [4.69, 9.17) is 0 Å². The molecule has 1 atom stereocenters. The van der Waals surface area contributed by atoms with E-state index in [9.17, 15) is 14.7 Å². The van der Waals surface area contributed by atoms with Crippen molar-refractivity contribution < 1.29 is 14.7 Å². The van der Waals surface area contributed by atoms with Crippen LogP contribution in [0.15, 0.2) is 30.3 Å². The highest BCUT2D eigenvalue weighted by atomic mass is 16.3. The van der Waals surface area contributed by atoms with Crippen molar-refractivity contribution in [2.45, 2.75) is 39.3 Å². The number of nitrogens with one attached hydrogen (secondary N) is 1. The summed E-state index contributed by atoms with van der Waals surface area (Å²) in [5.74, 6) is -0.841. The van der Waals surface area contributed by atoms with Crippen LogP contribution in [0.5, 0.6) is 0 Å². The van der Waals surface area contributed by atoms with E-state index in [1.807, 2.05) is 18.2 Å². The van der Waals surface area contributed by atoms with Gasteiger partial charge in [-0.2, -0.15) is 0 Å². The van der Waals surface area contributed by atoms with Gasteiger partial charge in [0.25, 0.3) is 5.91 Å². The molecule has 1 aromatic rings. The van der Waals surface area contributed by atoms with Gasteiger partial charge < -0.3 is 10.4 Å². The van der Waals surface area contributed by atoms with Gasteiger partial charge in [0.05, 0.1) is 0 Å². The smallest absolute Gasteiger partial charge is 0.252 e. The van der Waals surface area contributed by atoms with E-state index in [0.29, 0.717) is 0 Å². The number of ketones is 1. The highest BCUT2D eigenvalue weighted by Gasteiger charge is 2.30. The standard InChI is InChI=1S/C15H21NO3/c1-10(2)13(17)12(11-8-6-5-7-9-11)16-14(18)15(3,4)19/h5-10,12,19H,1-4H3,(H,16,18)/t12-/m1/s1. The van der Waals surface area contributed by atoms with Gasteiger partial charge in [0.1, 0.15) is 11.6 Å². The van der Waals surface area contributed by atoms with Gasteiger partial charge >= 0.3 is 0 Å². The van der Waals surface area contributed by atoms with Gasteiger partial charge in [-0.25, -0.2) is 0 Å². The summed E-state index contributed by atoms with van der Waals surface area (Å²) in [4.78, 5) is 24.1. The number of amides is 1. The molecule has 0 saturated heterocycles. The van der Waals surface area contributed by atoms with Gasteiger partial charge in [0.15, 0.2) is 5.78 Å². The molecule has 0 saturated carbocycles. The van der Waals surface area contributed by atoms with E-state index in [1.165, 1.54) is 13.8 Å². The number of carbonyl (C=O) groups excluding carboxylic acids is 2. The van der Waals surface area contributed by atoms with Crippen molar-refractivity contribution in [2.24, 2.45) is 5.92 Å². The van der Waals surface area contributed by atoms with Crippen LogP contribution < -0.4 is 5.32 Å². The molecule has 0 aromatic heterocycles. The van der Waals surface area contributed by atoms with Crippen LogP contribution in [0.2, 0.25) is 0 Å². The fraction of sp³-hybridized carbons (Fsp3) is 0.467. The molecule has 1 aromatic carbocycles. The lowest BCUT2D eigenvalue weighted by Gasteiger charge is -2.24. The zero-order chi connectivity index (χ0) is 14.6. The van der Waals surface area contributed by atoms with Gasteiger partial charge in [-0.05, 0) is 19.4 Å². The van der Waals surface area contributed by atoms with Crippen molar-refractivity contribution in [2.75, 3.05) is 0 Å². The second-order valence-corrected chi connectivity index (χ2v) is 5.43. The number of Topliss-reactive ketones (excluding diaryl/α,β-unsaturated/α-hetero) is 1. The Balaban J connectivity index is 3.02. The zero-order valence-corrected chi connectivity index (χ0v) is 11.8. The van der Waals surface area contributed by atoms with Crippen LogP contribution in [-0.2, 0) is 9.59 Å². The highest BCUT2D eigenvalue weighted by Crippen LogP contribution is 2.19. The first-order valence-corrected chi connectivity index (χ1v) is 6.35. The van der Waals surface area contributed by atoms with Crippen LogP contribution in [0.4, 0.5) is 0 Å². The molecule has 4 heteroatoms. The van der Waals surface area contributed by atoms with E-state index in [0.717, 1.165) is 5.56 Å². The number of hydrogen-bond donors (Lipinski definition) is 2. The topological polar surface area (TPSA) is 66.4 Å². The minimum absolute atomic E-state index is 0.0798. The lowest BCUT2D eigenvalue weighted by Crippen LogP contribution is -2.46. The van der Waals surface area contributed by atoms with E-state index >= 15 is 0 Å². The molecule has 104 valence electrons. The third-order valence-electron chi connectivity index (χ3n) is 2.82. The Bertz CT molecular complexity index is 446. The molecule has 0 aliphatic rings. The Kier molecular flexibility index (Phi) is 4.84. The third-order valence-corrected chi connectivity index (χ3v) is 2.82. The molecule has 0 fully saturated rings. The molecular weight excluding hydrogens is 242 g/mol. The van der Waals surface area contributed by atoms with Crippen LogP contribution in [-0.4, -0.2) is 22.4 Å². The average molecular weight is 263 g/mol. The molecule has 1 rings (SSSR count). The van der Waals surface area contributed by atoms with Crippen molar-refractivity contribution in [3.05, 3.63) is 35.9 Å². The van der Waals surface area contributed by atoms with Crippen molar-refractivity contribution in [3.8, 4) is 0 Å². The van der Waals surface area contributed by atoms with Gasteiger partial charge in [-0.1, -0.05) is 44.2 Å². The normalized spacial score (nSPS) is 13.2. The van der Waals surface area contributed by atoms with E-state index in [1.54, 1.807) is 26.0 Å². The number of hydrogen-bond acceptors (Lipinski definition) is 3. The van der Waals surface area contributed by atoms with Gasteiger partial charge in [0.2, 0.25) is 0 Å². The molecule has 2 N–H and O–H groups in total. The Morgan fingerprint density at radius 1 is 1.16 bits per heavy atom. The van der Waals surface area contributed by atoms with Crippen molar-refractivity contribution in [1.82, 2.24) is 5.32 Å². The molecule has 0 bridgehead atoms. The van der Waals surface area contributed by atoms with Crippen LogP contribution in [0, 0.1) is 5.92 Å². The van der Waals surface area contributed by atoms with E-state index in [2.05, 4.69) is 5.32 Å². The summed E-state index contributed by atoms with van der Waals surface area (Å²) >= 11 is 0. The summed E-state index contributed by atoms with van der Waals surface area (Å²) in [5.41, 5.74) is -0.789. The lowest BCUT2D eigenvalue weighted by atomic mass is 9.94. The summed E-state index contributed by atoms with van der Waals surface area (Å²) in [6.45, 7) is 6.36. The first-order valence-electron chi connectivity index (χ1n) is 6.35. The number of benzene rings is 1. The predicted octanol–water partition coefficient (Wildman–Crippen LogP) is 1.84. The van der Waals surface area contributed by atoms with Crippen molar-refractivity contribution in [1.29, 1.82) is 0 Å². The monoisotopic (exact) mass is 263 g/mol. The van der Waals surface area contributed by atoms with Crippen molar-refractivity contribution in [3.63, 3.8) is 0 Å². The predicted molar refractivity (Wildman–Crippen MR) is 73.5 cm³/mol. The summed E-state index contributed by atoms with van der Waals surface area (Å²) in [7, 11) is 0. The summed E-state index contributed by atoms with van der Waals surface area (Å²) < 4.78 is 0. The maximum Gasteiger partial charge on any atom is 0.252 e. The van der Waals surface area contributed by atoms with Crippen LogP contribution >= 0.6 is 0 Å². The Hall–Kier alpha value is -1.68. The minimum atomic E-state index is -1.51. The third kappa shape index (κ3) is 4.17. The molecule has 0 spiro atoms. The van der Waals surface area contributed by atoms with E-state index < -0.39 is 17.6 Å². The molecule has 4 nitrogen and oxygen atoms in total. The summed E-state index contributed by atoms with van der Waals surface area (Å²) in [5, 5.41) is 12.3. The fourth-order valence-corrected chi connectivity index (χ4v) is 1.61. The van der Waals surface area contributed by atoms with Crippen LogP contribution in [0.1, 0.15) is 39.3 Å². The molecule has 0 aliphatic heterocycles. The molecular formula is C15H21NO3. The second-order valence-electron chi connectivity index (χ2n) is 5.43. The zero-order valence-electron chi connectivity index (χ0n) is 11.8.